The van der Waals surface area contributed by atoms with E-state index in [1.165, 1.54) is 4.90 Å². The average molecular weight is 237 g/mol. The summed E-state index contributed by atoms with van der Waals surface area (Å²) >= 11 is 1.76. The Hall–Kier alpha value is -1.29. The number of hydrogen-bond acceptors (Lipinski definition) is 3. The fraction of sp³-hybridized carbons (Fsp3) is 0.333. The molecule has 0 aliphatic rings. The maximum absolute atomic E-state index is 10.6. The molecule has 16 heavy (non-hydrogen) atoms. The Bertz CT molecular complexity index is 385. The average Bonchev–Trinajstić information content (AvgIpc) is 2.28. The van der Waals surface area contributed by atoms with Gasteiger partial charge in [-0.05, 0) is 23.4 Å². The SMILES string of the molecule is CCSc1ccc(C=C(CC)[N+](=O)[O-])cc1. The normalized spacial score (nSPS) is 11.5. The van der Waals surface area contributed by atoms with E-state index in [0.717, 1.165) is 11.3 Å². The molecule has 0 N–H and O–H groups in total. The third kappa shape index (κ3) is 3.70. The van der Waals surface area contributed by atoms with E-state index in [1.807, 2.05) is 24.3 Å². The van der Waals surface area contributed by atoms with Crippen LogP contribution in [0.4, 0.5) is 0 Å². The number of hydrogen-bond donors (Lipinski definition) is 0. The van der Waals surface area contributed by atoms with Crippen LogP contribution >= 0.6 is 11.8 Å². The van der Waals surface area contributed by atoms with Gasteiger partial charge in [-0.2, -0.15) is 0 Å². The number of benzene rings is 1. The number of nitrogens with zero attached hydrogens (tertiary/aromatic N) is 1. The number of rotatable bonds is 5. The second kappa shape index (κ2) is 6.33. The second-order valence-corrected chi connectivity index (χ2v) is 4.59. The molecule has 0 radical (unpaired) electrons. The smallest absolute Gasteiger partial charge is 0.246 e. The highest BCUT2D eigenvalue weighted by Gasteiger charge is 2.06. The first kappa shape index (κ1) is 12.8. The Labute approximate surface area is 99.7 Å². The highest BCUT2D eigenvalue weighted by atomic mass is 32.2. The zero-order chi connectivity index (χ0) is 12.0. The van der Waals surface area contributed by atoms with Crippen molar-refractivity contribution >= 4 is 17.8 Å². The van der Waals surface area contributed by atoms with Crippen molar-refractivity contribution in [1.29, 1.82) is 0 Å². The van der Waals surface area contributed by atoms with Crippen LogP contribution in [-0.4, -0.2) is 10.7 Å². The van der Waals surface area contributed by atoms with Crippen molar-refractivity contribution in [1.82, 2.24) is 0 Å². The van der Waals surface area contributed by atoms with E-state index >= 15 is 0 Å². The molecule has 0 saturated heterocycles. The molecule has 0 aromatic heterocycles. The first-order valence-electron chi connectivity index (χ1n) is 5.25. The predicted octanol–water partition coefficient (Wildman–Crippen LogP) is 3.83. The molecule has 0 aliphatic carbocycles. The van der Waals surface area contributed by atoms with Gasteiger partial charge >= 0.3 is 0 Å². The van der Waals surface area contributed by atoms with Crippen LogP contribution in [0.5, 0.6) is 0 Å². The molecule has 0 spiro atoms. The molecule has 3 nitrogen and oxygen atoms in total. The standard InChI is InChI=1S/C12H15NO2S/c1-3-11(13(14)15)9-10-5-7-12(8-6-10)16-4-2/h5-9H,3-4H2,1-2H3. The van der Waals surface area contributed by atoms with Gasteiger partial charge in [-0.25, -0.2) is 0 Å². The molecule has 86 valence electrons. The quantitative estimate of drug-likeness (QED) is 0.444. The summed E-state index contributed by atoms with van der Waals surface area (Å²) in [6.45, 7) is 3.89. The minimum Gasteiger partial charge on any atom is -0.259 e. The van der Waals surface area contributed by atoms with Gasteiger partial charge < -0.3 is 0 Å². The minimum atomic E-state index is -0.325. The van der Waals surface area contributed by atoms with Gasteiger partial charge in [0.1, 0.15) is 0 Å². The van der Waals surface area contributed by atoms with E-state index in [0.29, 0.717) is 6.42 Å². The van der Waals surface area contributed by atoms with Gasteiger partial charge in [0.2, 0.25) is 5.70 Å². The molecule has 0 saturated carbocycles. The summed E-state index contributed by atoms with van der Waals surface area (Å²) in [6.07, 6.45) is 2.07. The van der Waals surface area contributed by atoms with Crippen molar-refractivity contribution in [3.8, 4) is 0 Å². The summed E-state index contributed by atoms with van der Waals surface area (Å²) in [7, 11) is 0. The number of allylic oxidation sites excluding steroid dienone is 1. The van der Waals surface area contributed by atoms with Crippen LogP contribution in [0.15, 0.2) is 34.9 Å². The summed E-state index contributed by atoms with van der Waals surface area (Å²) in [4.78, 5) is 11.5. The Morgan fingerprint density at radius 2 is 2.00 bits per heavy atom. The van der Waals surface area contributed by atoms with E-state index in [2.05, 4.69) is 6.92 Å². The van der Waals surface area contributed by atoms with Gasteiger partial charge in [0.25, 0.3) is 0 Å². The number of thioether (sulfide) groups is 1. The van der Waals surface area contributed by atoms with Gasteiger partial charge in [-0.1, -0.05) is 26.0 Å². The molecule has 0 amide bonds. The van der Waals surface area contributed by atoms with Crippen LogP contribution in [0.1, 0.15) is 25.8 Å². The lowest BCUT2D eigenvalue weighted by Gasteiger charge is -1.99. The van der Waals surface area contributed by atoms with Crippen molar-refractivity contribution in [2.75, 3.05) is 5.75 Å². The van der Waals surface area contributed by atoms with Gasteiger partial charge in [0.05, 0.1) is 4.92 Å². The summed E-state index contributed by atoms with van der Waals surface area (Å²) in [5.74, 6) is 1.03. The van der Waals surface area contributed by atoms with Crippen molar-refractivity contribution in [2.24, 2.45) is 0 Å². The predicted molar refractivity (Wildman–Crippen MR) is 68.1 cm³/mol. The topological polar surface area (TPSA) is 43.1 Å². The molecular weight excluding hydrogens is 222 g/mol. The molecule has 0 fully saturated rings. The largest absolute Gasteiger partial charge is 0.259 e. The summed E-state index contributed by atoms with van der Waals surface area (Å²) < 4.78 is 0. The van der Waals surface area contributed by atoms with E-state index in [9.17, 15) is 10.1 Å². The van der Waals surface area contributed by atoms with Crippen molar-refractivity contribution in [2.45, 2.75) is 25.2 Å². The van der Waals surface area contributed by atoms with Crippen LogP contribution in [0.2, 0.25) is 0 Å². The number of nitro groups is 1. The third-order valence-electron chi connectivity index (χ3n) is 2.12. The highest BCUT2D eigenvalue weighted by molar-refractivity contribution is 7.99. The Balaban J connectivity index is 2.85. The van der Waals surface area contributed by atoms with Crippen LogP contribution in [0, 0.1) is 10.1 Å². The molecule has 0 unspecified atom stereocenters. The molecule has 1 aromatic rings. The lowest BCUT2D eigenvalue weighted by molar-refractivity contribution is -0.425. The second-order valence-electron chi connectivity index (χ2n) is 3.25. The molecule has 0 aliphatic heterocycles. The monoisotopic (exact) mass is 237 g/mol. The summed E-state index contributed by atoms with van der Waals surface area (Å²) in [6, 6.07) is 7.81. The zero-order valence-electron chi connectivity index (χ0n) is 9.47. The lowest BCUT2D eigenvalue weighted by atomic mass is 10.2. The highest BCUT2D eigenvalue weighted by Crippen LogP contribution is 2.19. The summed E-state index contributed by atoms with van der Waals surface area (Å²) in [5, 5.41) is 10.6. The first-order valence-corrected chi connectivity index (χ1v) is 6.23. The lowest BCUT2D eigenvalue weighted by Crippen LogP contribution is -1.96. The minimum absolute atomic E-state index is 0.246. The fourth-order valence-electron chi connectivity index (χ4n) is 1.30. The zero-order valence-corrected chi connectivity index (χ0v) is 10.3. The first-order chi connectivity index (χ1) is 7.67. The van der Waals surface area contributed by atoms with Crippen LogP contribution in [0.3, 0.4) is 0 Å². The molecule has 1 rings (SSSR count). The van der Waals surface area contributed by atoms with E-state index < -0.39 is 0 Å². The van der Waals surface area contributed by atoms with Crippen LogP contribution in [-0.2, 0) is 0 Å². The third-order valence-corrected chi connectivity index (χ3v) is 3.02. The molecule has 0 atom stereocenters. The Morgan fingerprint density at radius 1 is 1.38 bits per heavy atom. The molecule has 0 heterocycles. The molecular formula is C12H15NO2S. The fourth-order valence-corrected chi connectivity index (χ4v) is 1.97. The van der Waals surface area contributed by atoms with Crippen LogP contribution in [0.25, 0.3) is 6.08 Å². The van der Waals surface area contributed by atoms with E-state index in [1.54, 1.807) is 24.8 Å². The van der Waals surface area contributed by atoms with Gasteiger partial charge in [0, 0.05) is 17.4 Å². The summed E-state index contributed by atoms with van der Waals surface area (Å²) in [5.41, 5.74) is 1.13. The van der Waals surface area contributed by atoms with Gasteiger partial charge in [-0.3, -0.25) is 10.1 Å². The Kier molecular flexibility index (Phi) is 5.05. The maximum Gasteiger partial charge on any atom is 0.246 e. The molecule has 0 bridgehead atoms. The van der Waals surface area contributed by atoms with Gasteiger partial charge in [0.15, 0.2) is 0 Å². The molecule has 4 heteroatoms. The van der Waals surface area contributed by atoms with Crippen molar-refractivity contribution in [3.05, 3.63) is 45.6 Å². The van der Waals surface area contributed by atoms with Crippen LogP contribution < -0.4 is 0 Å². The van der Waals surface area contributed by atoms with Crippen molar-refractivity contribution < 1.29 is 4.92 Å². The molecule has 1 aromatic carbocycles. The van der Waals surface area contributed by atoms with Crippen molar-refractivity contribution in [3.63, 3.8) is 0 Å². The Morgan fingerprint density at radius 3 is 2.44 bits per heavy atom. The maximum atomic E-state index is 10.6. The van der Waals surface area contributed by atoms with Gasteiger partial charge in [-0.15, -0.1) is 11.8 Å². The van der Waals surface area contributed by atoms with E-state index in [4.69, 9.17) is 0 Å². The van der Waals surface area contributed by atoms with E-state index in [-0.39, 0.29) is 10.6 Å².